The molecule has 1 rings (SSSR count). The fourth-order valence-electron chi connectivity index (χ4n) is 0.878. The molecule has 62 valence electrons. The molecule has 0 aliphatic carbocycles. The second-order valence-corrected chi connectivity index (χ2v) is 4.74. The normalized spacial score (nSPS) is 20.4. The van der Waals surface area contributed by atoms with E-state index in [4.69, 9.17) is 0 Å². The van der Waals surface area contributed by atoms with Gasteiger partial charge in [0.05, 0.1) is 0 Å². The fraction of sp³-hybridized carbons (Fsp3) is 0.667. The maximum atomic E-state index is 11.0. The Bertz CT molecular complexity index is 195. The summed E-state index contributed by atoms with van der Waals surface area (Å²) in [6, 6.07) is -0.244. The van der Waals surface area contributed by atoms with Crippen molar-refractivity contribution in [3.63, 3.8) is 0 Å². The van der Waals surface area contributed by atoms with E-state index in [-0.39, 0.29) is 23.4 Å². The molecule has 1 unspecified atom stereocenters. The minimum atomic E-state index is -0.244. The van der Waals surface area contributed by atoms with Crippen LogP contribution in [0.4, 0.5) is 4.79 Å². The first-order chi connectivity index (χ1) is 5.15. The molecule has 0 radical (unpaired) electrons. The van der Waals surface area contributed by atoms with Crippen molar-refractivity contribution in [1.29, 1.82) is 0 Å². The summed E-state index contributed by atoms with van der Waals surface area (Å²) in [5, 5.41) is 2.24. The quantitative estimate of drug-likeness (QED) is 0.511. The maximum absolute atomic E-state index is 11.0. The van der Waals surface area contributed by atoms with Crippen molar-refractivity contribution in [3.05, 3.63) is 0 Å². The molecule has 1 aliphatic heterocycles. The molecule has 1 N–H and O–H groups in total. The van der Waals surface area contributed by atoms with Crippen LogP contribution in [0.25, 0.3) is 0 Å². The molecule has 0 aromatic heterocycles. The van der Waals surface area contributed by atoms with Crippen molar-refractivity contribution >= 4 is 26.9 Å². The van der Waals surface area contributed by atoms with Crippen molar-refractivity contribution in [1.82, 2.24) is 10.2 Å². The van der Waals surface area contributed by atoms with Gasteiger partial charge in [-0.15, -0.1) is 0 Å². The summed E-state index contributed by atoms with van der Waals surface area (Å²) in [7, 11) is 0. The molecule has 3 amide bonds. The summed E-state index contributed by atoms with van der Waals surface area (Å²) in [6.45, 7) is 2.19. The molecular formula is C6H10N2O2Se. The van der Waals surface area contributed by atoms with Crippen LogP contribution in [0.1, 0.15) is 6.92 Å². The predicted molar refractivity (Wildman–Crippen MR) is 41.3 cm³/mol. The molecule has 1 saturated heterocycles. The molecule has 0 saturated carbocycles. The first-order valence-electron chi connectivity index (χ1n) is 3.28. The molecule has 0 spiro atoms. The van der Waals surface area contributed by atoms with Crippen molar-refractivity contribution in [3.8, 4) is 0 Å². The van der Waals surface area contributed by atoms with E-state index in [0.29, 0.717) is 15.0 Å². The average molecular weight is 221 g/mol. The molecule has 0 aromatic rings. The third-order valence-corrected chi connectivity index (χ3v) is 3.57. The van der Waals surface area contributed by atoms with Crippen LogP contribution in [0.15, 0.2) is 0 Å². The Morgan fingerprint density at radius 1 is 1.64 bits per heavy atom. The van der Waals surface area contributed by atoms with E-state index >= 15 is 0 Å². The van der Waals surface area contributed by atoms with E-state index in [0.717, 1.165) is 0 Å². The van der Waals surface area contributed by atoms with E-state index < -0.39 is 0 Å². The summed E-state index contributed by atoms with van der Waals surface area (Å²) in [5.41, 5.74) is 0. The van der Waals surface area contributed by atoms with E-state index in [9.17, 15) is 9.59 Å². The topological polar surface area (TPSA) is 49.4 Å². The summed E-state index contributed by atoms with van der Waals surface area (Å²) < 4.78 is 0. The number of nitrogens with one attached hydrogen (secondary N) is 1. The Hall–Kier alpha value is -0.541. The number of amides is 3. The van der Waals surface area contributed by atoms with Crippen molar-refractivity contribution in [2.24, 2.45) is 0 Å². The van der Waals surface area contributed by atoms with Gasteiger partial charge in [0.25, 0.3) is 0 Å². The Labute approximate surface area is 71.5 Å². The zero-order valence-electron chi connectivity index (χ0n) is 6.46. The number of carbonyl (C=O) groups is 2. The first-order valence-corrected chi connectivity index (χ1v) is 5.98. The van der Waals surface area contributed by atoms with Gasteiger partial charge >= 0.3 is 70.9 Å². The van der Waals surface area contributed by atoms with Gasteiger partial charge in [-0.25, -0.2) is 0 Å². The van der Waals surface area contributed by atoms with Gasteiger partial charge in [-0.2, -0.15) is 0 Å². The number of rotatable bonds is 2. The number of hydrogen-bond acceptors (Lipinski definition) is 2. The molecular weight excluding hydrogens is 211 g/mol. The number of imide groups is 1. The van der Waals surface area contributed by atoms with Gasteiger partial charge in [0.1, 0.15) is 0 Å². The molecule has 1 fully saturated rings. The number of nitrogens with zero attached hydrogens (tertiary/aromatic N) is 1. The van der Waals surface area contributed by atoms with Gasteiger partial charge in [-0.3, -0.25) is 0 Å². The zero-order valence-corrected chi connectivity index (χ0v) is 8.17. The number of urea groups is 1. The van der Waals surface area contributed by atoms with E-state index in [1.165, 1.54) is 0 Å². The fourth-order valence-corrected chi connectivity index (χ4v) is 1.77. The van der Waals surface area contributed by atoms with Crippen LogP contribution in [-0.2, 0) is 4.79 Å². The van der Waals surface area contributed by atoms with Crippen LogP contribution < -0.4 is 5.32 Å². The van der Waals surface area contributed by atoms with Crippen molar-refractivity contribution in [2.75, 3.05) is 6.54 Å². The van der Waals surface area contributed by atoms with Crippen molar-refractivity contribution in [2.45, 2.75) is 17.7 Å². The number of hydrogen-bond donors (Lipinski definition) is 1. The minimum absolute atomic E-state index is 0.189. The van der Waals surface area contributed by atoms with E-state index in [1.807, 2.05) is 12.7 Å². The third kappa shape index (κ3) is 1.73. The first kappa shape index (κ1) is 8.56. The zero-order chi connectivity index (χ0) is 8.43. The van der Waals surface area contributed by atoms with E-state index in [1.54, 1.807) is 4.90 Å². The van der Waals surface area contributed by atoms with Gasteiger partial charge in [-0.05, 0) is 0 Å². The van der Waals surface area contributed by atoms with Crippen molar-refractivity contribution < 1.29 is 9.59 Å². The Kier molecular flexibility index (Phi) is 2.52. The molecule has 1 aliphatic rings. The van der Waals surface area contributed by atoms with Gasteiger partial charge in [0.15, 0.2) is 0 Å². The summed E-state index contributed by atoms with van der Waals surface area (Å²) in [5.74, 6) is 1.86. The van der Waals surface area contributed by atoms with Crippen LogP contribution in [0, 0.1) is 0 Å². The summed E-state index contributed by atoms with van der Waals surface area (Å²) >= 11 is 0.377. The van der Waals surface area contributed by atoms with Gasteiger partial charge in [-0.1, -0.05) is 0 Å². The van der Waals surface area contributed by atoms with Crippen LogP contribution in [0.5, 0.6) is 0 Å². The van der Waals surface area contributed by atoms with Gasteiger partial charge < -0.3 is 0 Å². The second-order valence-electron chi connectivity index (χ2n) is 2.32. The van der Waals surface area contributed by atoms with Crippen LogP contribution in [0.3, 0.4) is 0 Å². The Balaban J connectivity index is 2.59. The summed E-state index contributed by atoms with van der Waals surface area (Å²) in [6.07, 6.45) is 0. The average Bonchev–Trinajstić information content (AvgIpc) is 2.28. The summed E-state index contributed by atoms with van der Waals surface area (Å²) in [4.78, 5) is 23.5. The second kappa shape index (κ2) is 3.24. The third-order valence-electron chi connectivity index (χ3n) is 1.60. The molecule has 4 nitrogen and oxygen atoms in total. The SMILES string of the molecule is C[Se]C(C)N1CC(=O)NC1=O. The van der Waals surface area contributed by atoms with Crippen LogP contribution >= 0.6 is 0 Å². The van der Waals surface area contributed by atoms with Crippen LogP contribution in [-0.4, -0.2) is 43.3 Å². The molecule has 5 heteroatoms. The molecule has 1 atom stereocenters. The molecule has 1 heterocycles. The van der Waals surface area contributed by atoms with Gasteiger partial charge in [0.2, 0.25) is 0 Å². The predicted octanol–water partition coefficient (Wildman–Crippen LogP) is -0.364. The molecule has 0 aromatic carbocycles. The monoisotopic (exact) mass is 222 g/mol. The Morgan fingerprint density at radius 2 is 2.27 bits per heavy atom. The number of carbonyl (C=O) groups excluding carboxylic acids is 2. The Morgan fingerprint density at radius 3 is 2.64 bits per heavy atom. The molecule has 0 bridgehead atoms. The van der Waals surface area contributed by atoms with E-state index in [2.05, 4.69) is 5.32 Å². The van der Waals surface area contributed by atoms with Gasteiger partial charge in [0, 0.05) is 0 Å². The van der Waals surface area contributed by atoms with Crippen LogP contribution in [0.2, 0.25) is 5.82 Å². The molecule has 11 heavy (non-hydrogen) atoms. The standard InChI is InChI=1S/C6H10N2O2Se/c1-4(11-2)8-3-5(9)7-6(8)10/h4H,3H2,1-2H3,(H,7,9,10).